The Kier molecular flexibility index (Phi) is 6.11. The first-order chi connectivity index (χ1) is 16.4. The van der Waals surface area contributed by atoms with Crippen LogP contribution in [-0.2, 0) is 4.74 Å². The number of hydrogen-bond donors (Lipinski definition) is 2. The van der Waals surface area contributed by atoms with Crippen LogP contribution in [0.3, 0.4) is 0 Å². The number of aryl methyl sites for hydroxylation is 1. The first-order valence-corrected chi connectivity index (χ1v) is 11.6. The van der Waals surface area contributed by atoms with Gasteiger partial charge in [-0.25, -0.2) is 14.0 Å². The van der Waals surface area contributed by atoms with E-state index in [2.05, 4.69) is 20.8 Å². The van der Waals surface area contributed by atoms with E-state index >= 15 is 4.39 Å². The Morgan fingerprint density at radius 3 is 2.59 bits per heavy atom. The largest absolute Gasteiger partial charge is 0.422 e. The molecule has 178 valence electrons. The Morgan fingerprint density at radius 2 is 1.88 bits per heavy atom. The molecule has 0 spiro atoms. The zero-order valence-electron chi connectivity index (χ0n) is 18.1. The maximum atomic E-state index is 15.6. The zero-order chi connectivity index (χ0) is 23.8. The number of anilines is 1. The number of halogens is 1. The van der Waals surface area contributed by atoms with Gasteiger partial charge in [0.25, 0.3) is 5.91 Å². The lowest BCUT2D eigenvalue weighted by Crippen LogP contribution is -2.36. The van der Waals surface area contributed by atoms with Gasteiger partial charge in [0.05, 0.1) is 5.56 Å². The third-order valence-corrected chi connectivity index (χ3v) is 6.56. The summed E-state index contributed by atoms with van der Waals surface area (Å²) in [6, 6.07) is 2.92. The van der Waals surface area contributed by atoms with E-state index in [1.54, 1.807) is 6.92 Å². The second-order valence-corrected chi connectivity index (χ2v) is 9.42. The Balaban J connectivity index is 1.61. The second-order valence-electron chi connectivity index (χ2n) is 8.24. The van der Waals surface area contributed by atoms with Crippen LogP contribution in [-0.4, -0.2) is 41.4 Å². The van der Waals surface area contributed by atoms with Crippen LogP contribution >= 0.6 is 11.3 Å². The number of nitrogens with zero attached hydrogens (tertiary/aromatic N) is 2. The van der Waals surface area contributed by atoms with Gasteiger partial charge in [0.15, 0.2) is 17.0 Å². The predicted octanol–water partition coefficient (Wildman–Crippen LogP) is 2.48. The molecule has 1 aromatic carbocycles. The summed E-state index contributed by atoms with van der Waals surface area (Å²) in [5.41, 5.74) is -2.63. The quantitative estimate of drug-likeness (QED) is 0.555. The van der Waals surface area contributed by atoms with Crippen molar-refractivity contribution in [1.82, 2.24) is 15.5 Å². The van der Waals surface area contributed by atoms with Crippen LogP contribution in [0.4, 0.5) is 9.52 Å². The van der Waals surface area contributed by atoms with Gasteiger partial charge in [-0.1, -0.05) is 11.3 Å². The third-order valence-electron chi connectivity index (χ3n) is 5.81. The minimum Gasteiger partial charge on any atom is -0.422 e. The number of benzene rings is 1. The van der Waals surface area contributed by atoms with Crippen LogP contribution in [0.25, 0.3) is 11.2 Å². The average molecular weight is 488 g/mol. The summed E-state index contributed by atoms with van der Waals surface area (Å²) in [5, 5.41) is 14.6. The van der Waals surface area contributed by atoms with Crippen molar-refractivity contribution in [1.29, 1.82) is 0 Å². The normalized spacial score (nSPS) is 20.3. The SMILES string of the molecule is Cc1nnc(NC(=O)c2cc3oc(=O)ccc(=O)oc2c(C2CC2NC2CCOCC2)c3F)s1. The van der Waals surface area contributed by atoms with Gasteiger partial charge in [0.1, 0.15) is 5.01 Å². The van der Waals surface area contributed by atoms with Gasteiger partial charge in [-0.15, -0.1) is 10.2 Å². The van der Waals surface area contributed by atoms with Gasteiger partial charge in [-0.2, -0.15) is 0 Å². The number of rotatable bonds is 5. The summed E-state index contributed by atoms with van der Waals surface area (Å²) in [4.78, 5) is 37.5. The Morgan fingerprint density at radius 1 is 1.15 bits per heavy atom. The number of amides is 1. The number of aromatic nitrogens is 2. The molecule has 3 aromatic heterocycles. The van der Waals surface area contributed by atoms with Crippen LogP contribution in [0.5, 0.6) is 0 Å². The minimum atomic E-state index is -0.963. The van der Waals surface area contributed by atoms with Crippen molar-refractivity contribution in [3.8, 4) is 0 Å². The van der Waals surface area contributed by atoms with E-state index in [0.29, 0.717) is 24.6 Å². The lowest BCUT2D eigenvalue weighted by Gasteiger charge is -2.23. The van der Waals surface area contributed by atoms with E-state index < -0.39 is 28.6 Å². The molecule has 4 aromatic rings. The van der Waals surface area contributed by atoms with Crippen LogP contribution in [0.1, 0.15) is 46.1 Å². The monoisotopic (exact) mass is 488 g/mol. The van der Waals surface area contributed by atoms with Gasteiger partial charge in [0.2, 0.25) is 5.13 Å². The van der Waals surface area contributed by atoms with Crippen LogP contribution < -0.4 is 21.9 Å². The van der Waals surface area contributed by atoms with Crippen LogP contribution in [0, 0.1) is 12.7 Å². The maximum Gasteiger partial charge on any atom is 0.336 e. The predicted molar refractivity (Wildman–Crippen MR) is 121 cm³/mol. The molecule has 10 nitrogen and oxygen atoms in total. The van der Waals surface area contributed by atoms with Gasteiger partial charge in [-0.05, 0) is 26.2 Å². The van der Waals surface area contributed by atoms with Gasteiger partial charge in [-0.3, -0.25) is 10.1 Å². The summed E-state index contributed by atoms with van der Waals surface area (Å²) in [6.45, 7) is 3.03. The lowest BCUT2D eigenvalue weighted by atomic mass is 10.0. The summed E-state index contributed by atoms with van der Waals surface area (Å²) < 4.78 is 31.5. The molecule has 4 heterocycles. The third kappa shape index (κ3) is 4.69. The molecule has 34 heavy (non-hydrogen) atoms. The molecule has 1 saturated carbocycles. The highest BCUT2D eigenvalue weighted by atomic mass is 32.1. The van der Waals surface area contributed by atoms with Crippen LogP contribution in [0.2, 0.25) is 0 Å². The van der Waals surface area contributed by atoms with Crippen LogP contribution in [0.15, 0.2) is 36.6 Å². The van der Waals surface area contributed by atoms with Gasteiger partial charge in [0, 0.05) is 55.0 Å². The molecule has 2 atom stereocenters. The molecule has 2 aliphatic rings. The molecule has 6 rings (SSSR count). The molecule has 1 amide bonds. The number of nitrogens with one attached hydrogen (secondary N) is 2. The Hall–Kier alpha value is -3.22. The van der Waals surface area contributed by atoms with E-state index in [4.69, 9.17) is 13.6 Å². The standard InChI is InChI=1S/C22H21FN4O6S/c1-10-26-27-22(34-10)25-21(30)13-9-15-19(23)18(20(13)33-17(29)3-2-16(28)32-15)12-8-14(12)24-11-4-6-31-7-5-11/h2-3,9,11-12,14,24H,4-8H2,1H3,(H,25,27,30). The van der Waals surface area contributed by atoms with Crippen molar-refractivity contribution < 1.29 is 22.8 Å². The summed E-state index contributed by atoms with van der Waals surface area (Å²) in [7, 11) is 0. The first-order valence-electron chi connectivity index (χ1n) is 10.8. The lowest BCUT2D eigenvalue weighted by molar-refractivity contribution is 0.0774. The van der Waals surface area contributed by atoms with Crippen molar-refractivity contribution >= 4 is 33.5 Å². The number of fused-ring (bicyclic) bond motifs is 7. The second kappa shape index (κ2) is 9.20. The molecule has 2 unspecified atom stereocenters. The fourth-order valence-corrected chi connectivity index (χ4v) is 4.70. The maximum absolute atomic E-state index is 15.6. The topological polar surface area (TPSA) is 137 Å². The van der Waals surface area contributed by atoms with E-state index in [9.17, 15) is 14.4 Å². The number of ether oxygens (including phenoxy) is 1. The molecule has 2 bridgehead atoms. The molecule has 2 N–H and O–H groups in total. The molecular formula is C22H21FN4O6S. The smallest absolute Gasteiger partial charge is 0.336 e. The minimum absolute atomic E-state index is 0.0251. The Labute approximate surface area is 195 Å². The number of hydrogen-bond acceptors (Lipinski definition) is 10. The van der Waals surface area contributed by atoms with Gasteiger partial charge < -0.3 is 18.9 Å². The number of carbonyl (C=O) groups is 1. The van der Waals surface area contributed by atoms with E-state index in [1.165, 1.54) is 0 Å². The summed E-state index contributed by atoms with van der Waals surface area (Å²) in [5.74, 6) is -1.91. The molecule has 0 radical (unpaired) electrons. The zero-order valence-corrected chi connectivity index (χ0v) is 18.9. The Bertz CT molecular complexity index is 1390. The molecule has 12 heteroatoms. The molecular weight excluding hydrogens is 467 g/mol. The van der Waals surface area contributed by atoms with Gasteiger partial charge >= 0.3 is 11.3 Å². The fraction of sp³-hybridized carbons (Fsp3) is 0.409. The average Bonchev–Trinajstić information content (AvgIpc) is 3.43. The number of carbonyl (C=O) groups excluding carboxylic acids is 1. The van der Waals surface area contributed by atoms with Crippen molar-refractivity contribution in [3.05, 3.63) is 61.0 Å². The van der Waals surface area contributed by atoms with Crippen molar-refractivity contribution in [3.63, 3.8) is 0 Å². The first kappa shape index (κ1) is 22.6. The van der Waals surface area contributed by atoms with Crippen molar-refractivity contribution in [2.45, 2.75) is 44.2 Å². The molecule has 1 saturated heterocycles. The summed E-state index contributed by atoms with van der Waals surface area (Å²) in [6.07, 6.45) is 2.25. The highest BCUT2D eigenvalue weighted by Gasteiger charge is 2.44. The summed E-state index contributed by atoms with van der Waals surface area (Å²) >= 11 is 1.15. The van der Waals surface area contributed by atoms with Crippen molar-refractivity contribution in [2.75, 3.05) is 18.5 Å². The van der Waals surface area contributed by atoms with E-state index in [1.807, 2.05) is 0 Å². The molecule has 1 aliphatic carbocycles. The fourth-order valence-electron chi connectivity index (χ4n) is 4.11. The molecule has 2 fully saturated rings. The van der Waals surface area contributed by atoms with Crippen molar-refractivity contribution in [2.24, 2.45) is 0 Å². The van der Waals surface area contributed by atoms with E-state index in [-0.39, 0.29) is 39.8 Å². The van der Waals surface area contributed by atoms with E-state index in [0.717, 1.165) is 42.4 Å². The highest BCUT2D eigenvalue weighted by Crippen LogP contribution is 2.46. The molecule has 1 aliphatic heterocycles. The highest BCUT2D eigenvalue weighted by molar-refractivity contribution is 7.15.